The number of para-hydroxylation sites is 1. The smallest absolute Gasteiger partial charge is 0.311 e. The van der Waals surface area contributed by atoms with Crippen LogP contribution in [-0.2, 0) is 16.0 Å². The van der Waals surface area contributed by atoms with E-state index in [0.29, 0.717) is 6.61 Å². The Labute approximate surface area is 203 Å². The number of H-pyrrole nitrogens is 1. The lowest BCUT2D eigenvalue weighted by Crippen LogP contribution is -2.68. The highest BCUT2D eigenvalue weighted by Gasteiger charge is 2.47. The van der Waals surface area contributed by atoms with Crippen LogP contribution < -0.4 is 18.6 Å². The maximum absolute atomic E-state index is 12.1. The molecule has 4 rings (SSSR count). The molecule has 1 aromatic carbocycles. The first kappa shape index (κ1) is 26.6. The number of aromatic amines is 1. The number of rotatable bonds is 5. The summed E-state index contributed by atoms with van der Waals surface area (Å²) in [6.45, 7) is 10.9. The minimum Gasteiger partial charge on any atom is -0.465 e. The first-order valence-electron chi connectivity index (χ1n) is 11.9. The number of benzene rings is 1. The molecule has 0 fully saturated rings. The normalized spacial score (nSPS) is 20.4. The first-order valence-corrected chi connectivity index (χ1v) is 13.1. The number of aromatic nitrogens is 1. The molecule has 0 saturated carbocycles. The monoisotopic (exact) mass is 494 g/mol. The maximum atomic E-state index is 12.1. The maximum Gasteiger partial charge on any atom is 0.311 e. The van der Waals surface area contributed by atoms with Crippen LogP contribution in [0.2, 0.25) is 0 Å². The van der Waals surface area contributed by atoms with E-state index >= 15 is 0 Å². The first-order chi connectivity index (χ1) is 15.9. The van der Waals surface area contributed by atoms with Crippen molar-refractivity contribution in [1.82, 2.24) is 4.98 Å². The van der Waals surface area contributed by atoms with Gasteiger partial charge in [-0.1, -0.05) is 25.1 Å². The Hall–Kier alpha value is -1.97. The minimum atomic E-state index is -4.94. The Balaban J connectivity index is 0.000000588. The molecule has 1 atom stereocenters. The fourth-order valence-electron chi connectivity index (χ4n) is 5.29. The average molecular weight is 495 g/mol. The zero-order valence-electron chi connectivity index (χ0n) is 20.4. The van der Waals surface area contributed by atoms with E-state index in [1.807, 2.05) is 20.8 Å². The van der Waals surface area contributed by atoms with Gasteiger partial charge in [0.1, 0.15) is 18.8 Å². The van der Waals surface area contributed by atoms with Crippen molar-refractivity contribution in [3.63, 3.8) is 0 Å². The number of fused-ring (bicyclic) bond motifs is 4. The summed E-state index contributed by atoms with van der Waals surface area (Å²) >= 11 is 0. The molecule has 0 amide bonds. The molecule has 8 nitrogen and oxygen atoms in total. The fraction of sp³-hybridized carbons (Fsp3) is 0.600. The standard InChI is InChI=1S/C25H34N2O2.ClHO4/c1-5-25(14-9-17-29-23(28)24(2,3)4)13-8-15-27-16-12-19-18-10-6-7-11-20(18)26-21(19)22(25)27;2-1(3,4)5/h6-7,10-11H,5,8-9,12-17H2,1-4H3;(H,2,3,4,5)/t25-;/m0./s1. The number of carbonyl (C=O) groups excluding carboxylic acids is 1. The Morgan fingerprint density at radius 1 is 1.18 bits per heavy atom. The summed E-state index contributed by atoms with van der Waals surface area (Å²) in [4.78, 5) is 15.9. The van der Waals surface area contributed by atoms with Crippen molar-refractivity contribution in [2.75, 3.05) is 19.7 Å². The summed E-state index contributed by atoms with van der Waals surface area (Å²) < 4.78 is 42.2. The molecule has 188 valence electrons. The highest BCUT2D eigenvalue weighted by atomic mass is 35.7. The number of ether oxygens (including phenoxy) is 1. The molecule has 1 N–H and O–H groups in total. The van der Waals surface area contributed by atoms with E-state index in [-0.39, 0.29) is 11.4 Å². The SMILES string of the molecule is CC[C@@]1(CCCOC(=O)C(C)(C)C)CCC[N+]2=C1c1[nH]c3ccccc3c1CC2.[O-][Cl+3]([O-])([O-])[O-]. The van der Waals surface area contributed by atoms with E-state index in [1.165, 1.54) is 40.7 Å². The van der Waals surface area contributed by atoms with Crippen molar-refractivity contribution in [2.24, 2.45) is 10.8 Å². The number of nitrogens with zero attached hydrogens (tertiary/aromatic N) is 1. The molecule has 0 spiro atoms. The lowest BCUT2D eigenvalue weighted by molar-refractivity contribution is -2.00. The second-order valence-corrected chi connectivity index (χ2v) is 11.0. The molecular formula is C25H35ClN2O6. The number of halogens is 1. The van der Waals surface area contributed by atoms with Gasteiger partial charge in [0.2, 0.25) is 5.71 Å². The van der Waals surface area contributed by atoms with Gasteiger partial charge in [0.15, 0.2) is 0 Å². The fourth-order valence-corrected chi connectivity index (χ4v) is 5.29. The molecule has 0 saturated heterocycles. The summed E-state index contributed by atoms with van der Waals surface area (Å²) in [7, 11) is -4.94. The zero-order chi connectivity index (χ0) is 25.1. The summed E-state index contributed by atoms with van der Waals surface area (Å²) in [5, 5.41) is 1.38. The summed E-state index contributed by atoms with van der Waals surface area (Å²) in [5.41, 5.74) is 5.37. The van der Waals surface area contributed by atoms with E-state index in [9.17, 15) is 4.79 Å². The number of esters is 1. The molecule has 0 aliphatic carbocycles. The molecule has 3 heterocycles. The van der Waals surface area contributed by atoms with E-state index < -0.39 is 15.7 Å². The van der Waals surface area contributed by atoms with Crippen LogP contribution in [0.3, 0.4) is 0 Å². The van der Waals surface area contributed by atoms with Crippen LogP contribution in [0.5, 0.6) is 0 Å². The second kappa shape index (κ2) is 10.3. The van der Waals surface area contributed by atoms with Gasteiger partial charge in [-0.2, -0.15) is 0 Å². The van der Waals surface area contributed by atoms with E-state index in [1.54, 1.807) is 0 Å². The largest absolute Gasteiger partial charge is 0.465 e. The number of carbonyl (C=O) groups is 1. The van der Waals surface area contributed by atoms with Crippen LogP contribution in [0.15, 0.2) is 24.3 Å². The van der Waals surface area contributed by atoms with Crippen LogP contribution in [-0.4, -0.2) is 40.9 Å². The third kappa shape index (κ3) is 6.17. The lowest BCUT2D eigenvalue weighted by Gasteiger charge is -2.37. The van der Waals surface area contributed by atoms with Gasteiger partial charge in [-0.3, -0.25) is 4.79 Å². The third-order valence-corrected chi connectivity index (χ3v) is 6.91. The van der Waals surface area contributed by atoms with Gasteiger partial charge < -0.3 is 9.72 Å². The molecule has 1 aromatic heterocycles. The van der Waals surface area contributed by atoms with E-state index in [2.05, 4.69) is 40.7 Å². The van der Waals surface area contributed by atoms with Gasteiger partial charge >= 0.3 is 5.97 Å². The van der Waals surface area contributed by atoms with Crippen molar-refractivity contribution in [1.29, 1.82) is 0 Å². The van der Waals surface area contributed by atoms with E-state index in [0.717, 1.165) is 38.8 Å². The number of nitrogens with one attached hydrogen (secondary N) is 1. The van der Waals surface area contributed by atoms with Crippen molar-refractivity contribution >= 4 is 22.6 Å². The molecule has 0 unspecified atom stereocenters. The predicted molar refractivity (Wildman–Crippen MR) is 118 cm³/mol. The molecule has 9 heteroatoms. The molecule has 2 aromatic rings. The highest BCUT2D eigenvalue weighted by Crippen LogP contribution is 2.43. The molecule has 34 heavy (non-hydrogen) atoms. The Morgan fingerprint density at radius 3 is 2.50 bits per heavy atom. The molecule has 2 aliphatic rings. The van der Waals surface area contributed by atoms with Gasteiger partial charge in [0, 0.05) is 23.7 Å². The van der Waals surface area contributed by atoms with Crippen molar-refractivity contribution in [3.05, 3.63) is 35.5 Å². The third-order valence-electron chi connectivity index (χ3n) is 6.91. The van der Waals surface area contributed by atoms with Crippen LogP contribution in [0.25, 0.3) is 10.9 Å². The quantitative estimate of drug-likeness (QED) is 0.361. The summed E-state index contributed by atoms with van der Waals surface area (Å²) in [6, 6.07) is 8.71. The average Bonchev–Trinajstić information content (AvgIpc) is 3.13. The highest BCUT2D eigenvalue weighted by molar-refractivity contribution is 6.06. The molecule has 0 bridgehead atoms. The van der Waals surface area contributed by atoms with E-state index in [4.69, 9.17) is 23.4 Å². The minimum absolute atomic E-state index is 0.100. The van der Waals surface area contributed by atoms with Gasteiger partial charge in [0.05, 0.1) is 17.4 Å². The molecule has 0 radical (unpaired) electrons. The topological polar surface area (TPSA) is 137 Å². The number of hydrogen-bond acceptors (Lipinski definition) is 6. The van der Waals surface area contributed by atoms with Gasteiger partial charge in [-0.25, -0.2) is 23.2 Å². The van der Waals surface area contributed by atoms with Crippen molar-refractivity contribution < 1.29 is 43.0 Å². The van der Waals surface area contributed by atoms with Crippen LogP contribution in [0, 0.1) is 21.1 Å². The van der Waals surface area contributed by atoms with Crippen LogP contribution in [0.4, 0.5) is 0 Å². The van der Waals surface area contributed by atoms with Crippen LogP contribution in [0.1, 0.15) is 71.1 Å². The second-order valence-electron chi connectivity index (χ2n) is 10.2. The van der Waals surface area contributed by atoms with Crippen LogP contribution >= 0.6 is 0 Å². The van der Waals surface area contributed by atoms with Crippen molar-refractivity contribution in [3.8, 4) is 0 Å². The molecular weight excluding hydrogens is 460 g/mol. The Kier molecular flexibility index (Phi) is 8.10. The Bertz CT molecular complexity index is 1040. The lowest BCUT2D eigenvalue weighted by atomic mass is 9.68. The number of hydrogen-bond donors (Lipinski definition) is 1. The van der Waals surface area contributed by atoms with Gasteiger partial charge in [-0.05, 0) is 58.1 Å². The predicted octanol–water partition coefficient (Wildman–Crippen LogP) is 0.329. The Morgan fingerprint density at radius 2 is 1.85 bits per heavy atom. The van der Waals surface area contributed by atoms with Crippen molar-refractivity contribution in [2.45, 2.75) is 66.2 Å². The zero-order valence-corrected chi connectivity index (χ0v) is 21.2. The van der Waals surface area contributed by atoms with Gasteiger partial charge in [0.25, 0.3) is 0 Å². The van der Waals surface area contributed by atoms with Gasteiger partial charge in [-0.15, -0.1) is 10.2 Å². The molecule has 2 aliphatic heterocycles. The summed E-state index contributed by atoms with van der Waals surface area (Å²) in [5.74, 6) is -0.100. The summed E-state index contributed by atoms with van der Waals surface area (Å²) in [6.07, 6.45) is 6.70.